The van der Waals surface area contributed by atoms with Crippen molar-refractivity contribution in [1.82, 2.24) is 0 Å². The molecule has 7 nitrogen and oxygen atoms in total. The van der Waals surface area contributed by atoms with E-state index >= 15 is 0 Å². The molecule has 7 aromatic rings. The summed E-state index contributed by atoms with van der Waals surface area (Å²) in [6.07, 6.45) is 6.76. The van der Waals surface area contributed by atoms with Crippen LogP contribution >= 0.6 is 0 Å². The molecule has 0 saturated carbocycles. The monoisotopic (exact) mass is 1890 g/mol. The summed E-state index contributed by atoms with van der Waals surface area (Å²) in [6, 6.07) is 43.9. The molecule has 0 aliphatic heterocycles. The summed E-state index contributed by atoms with van der Waals surface area (Å²) in [5, 5.41) is 0. The maximum atomic E-state index is 13.0. The Bertz CT molecular complexity index is 5430. The second-order valence-electron chi connectivity index (χ2n) is 55.0. The largest absolute Gasteiger partial charge is 0.299 e. The van der Waals surface area contributed by atoms with Crippen molar-refractivity contribution in [3.05, 3.63) is 249 Å². The van der Waals surface area contributed by atoms with Crippen LogP contribution in [-0.2, 0) is 78.5 Å². The van der Waals surface area contributed by atoms with E-state index in [9.17, 15) is 33.6 Å². The van der Waals surface area contributed by atoms with Gasteiger partial charge in [0.05, 0.1) is 12.3 Å². The summed E-state index contributed by atoms with van der Waals surface area (Å²) < 4.78 is 98.1. The number of ketones is 7. The Morgan fingerprint density at radius 1 is 0.226 bits per heavy atom. The van der Waals surface area contributed by atoms with Crippen LogP contribution in [0.4, 0.5) is 0 Å². The van der Waals surface area contributed by atoms with Crippen LogP contribution < -0.4 is 0 Å². The number of carbonyl (C=O) groups excluding carboxylic acids is 7. The fourth-order valence-corrected chi connectivity index (χ4v) is 17.0. The maximum Gasteiger partial charge on any atom is 0.141 e. The number of Topliss-reactive ketones (excluding diaryl/α,β-unsaturated/α-hetero) is 7. The SMILES string of the molecule is [2H]C([2H])(c1ccccc1)[C@]([2H])(CC(C)(C)C)C(=O)C(C)(C)C.[2H]c1cc(C)c([2H])c(C[C@H](CC(C)(C)C)C(=O)C(C)(C)C)c1[2H].[2H]c1cc(C)cc(C[C@H](CC(C)(C)C)C(=O)C(C)(C)C)c1.[2H]c1cc(C[C@H](CC(C)(C)C)C(=O)C(C)(C)C)ccc1C.[2H]c1ccc(C)cc1C[C@H](CC(C)(C)C)C(=O)C(C)(C)C.[2H]c1cccc([2H])c1C[C@H](CC(C)(C)C)C(=O)C(C)(C)C.[2H]c1ccccc1C[C@H](CC(C)(C)C)C(=O)C(C)(C)C. The third-order valence-corrected chi connectivity index (χ3v) is 22.7. The van der Waals surface area contributed by atoms with E-state index in [4.69, 9.17) is 16.4 Å². The molecule has 0 saturated heterocycles. The van der Waals surface area contributed by atoms with Crippen LogP contribution in [0.3, 0.4) is 0 Å². The standard InChI is InChI=1S/4C19H30O.3C18H28O/c1-14-8-10-15(11-9-14)12-16(13-18(2,3)4)17(20)19(5,6)7;3*1-14-9-8-10-15(11-14)12-16(13-18(2,3)4)17(20)19(5,6)7;3*1-17(2,3)13-15(16(19)18(4,5)6)12-14-10-8-7-9-11-14/h4*8-11,16H,12-13H2,1-7H3;3*7-11,15H,12-13H2,1-6H3/t4*16-;3*15-/m1111111/s1/i8D;8D,10D,11D;10D;8D;12D2,15D;10D,11D;10D. The molecule has 0 spiro atoms. The summed E-state index contributed by atoms with van der Waals surface area (Å²) in [6.45, 7) is 93.1. The molecule has 0 aliphatic rings. The molecule has 0 unspecified atom stereocenters. The summed E-state index contributed by atoms with van der Waals surface area (Å²) in [7, 11) is 0. The van der Waals surface area contributed by atoms with E-state index in [0.29, 0.717) is 120 Å². The van der Waals surface area contributed by atoms with Crippen molar-refractivity contribution in [2.75, 3.05) is 0 Å². The van der Waals surface area contributed by atoms with Crippen molar-refractivity contribution in [3.8, 4) is 0 Å². The van der Waals surface area contributed by atoms with Gasteiger partial charge in [0.25, 0.3) is 0 Å². The first-order valence-electron chi connectivity index (χ1n) is 56.8. The van der Waals surface area contributed by atoms with Gasteiger partial charge in [-0.15, -0.1) is 0 Å². The minimum Gasteiger partial charge on any atom is -0.299 e. The number of hydrogen-bond donors (Lipinski definition) is 0. The highest BCUT2D eigenvalue weighted by atomic mass is 16.2. The normalized spacial score (nSPS) is 15.8. The number of benzene rings is 7. The van der Waals surface area contributed by atoms with Gasteiger partial charge in [-0.05, 0) is 194 Å². The zero-order chi connectivity index (χ0) is 117. The second kappa shape index (κ2) is 53.9. The number of aryl methyl sites for hydroxylation is 4. The van der Waals surface area contributed by atoms with Crippen LogP contribution in [0.15, 0.2) is 188 Å². The van der Waals surface area contributed by atoms with Gasteiger partial charge in [-0.2, -0.15) is 0 Å². The zero-order valence-electron chi connectivity index (χ0n) is 108. The molecule has 7 atom stereocenters. The lowest BCUT2D eigenvalue weighted by atomic mass is 9.73. The Hall–Kier alpha value is -7.77. The van der Waals surface area contributed by atoms with Gasteiger partial charge in [-0.3, -0.25) is 33.6 Å². The Kier molecular flexibility index (Phi) is 41.9. The fourth-order valence-electron chi connectivity index (χ4n) is 17.0. The third-order valence-electron chi connectivity index (χ3n) is 22.7. The molecular weight excluding hydrogens is 1670 g/mol. The highest BCUT2D eigenvalue weighted by molar-refractivity contribution is 5.89. The van der Waals surface area contributed by atoms with Crippen LogP contribution in [0.25, 0.3) is 0 Å². The van der Waals surface area contributed by atoms with Gasteiger partial charge in [0.2, 0.25) is 0 Å². The molecule has 0 aliphatic carbocycles. The summed E-state index contributed by atoms with van der Waals surface area (Å²) in [5.41, 5.74) is 6.95. The molecule has 0 fully saturated rings. The quantitative estimate of drug-likeness (QED) is 0.0479. The highest BCUT2D eigenvalue weighted by Gasteiger charge is 2.40. The van der Waals surface area contributed by atoms with Crippen molar-refractivity contribution in [1.29, 1.82) is 0 Å². The molecule has 7 aromatic carbocycles. The molecule has 0 aromatic heterocycles. The predicted octanol–water partition coefficient (Wildman–Crippen LogP) is 35.5. The lowest BCUT2D eigenvalue weighted by molar-refractivity contribution is -0.132. The van der Waals surface area contributed by atoms with E-state index in [1.54, 1.807) is 88.4 Å². The maximum absolute atomic E-state index is 13.0. The Balaban J connectivity index is 0.000000869. The zero-order valence-corrected chi connectivity index (χ0v) is 95.7. The summed E-state index contributed by atoms with van der Waals surface area (Å²) in [4.78, 5) is 89.6. The van der Waals surface area contributed by atoms with E-state index in [0.717, 1.165) is 83.9 Å². The van der Waals surface area contributed by atoms with E-state index < -0.39 is 28.5 Å². The summed E-state index contributed by atoms with van der Waals surface area (Å²) >= 11 is 0. The lowest BCUT2D eigenvalue weighted by Gasteiger charge is -2.30. The van der Waals surface area contributed by atoms with Crippen LogP contribution in [0.2, 0.25) is 0 Å². The molecule has 0 heterocycles. The molecule has 0 radical (unpaired) electrons. The molecule has 7 heteroatoms. The minimum absolute atomic E-state index is 0.0103. The minimum atomic E-state index is -2.05. The van der Waals surface area contributed by atoms with Gasteiger partial charge in [-0.25, -0.2) is 0 Å². The Morgan fingerprint density at radius 3 is 0.839 bits per heavy atom. The number of carbonyl (C=O) groups is 7. The van der Waals surface area contributed by atoms with Crippen molar-refractivity contribution < 1.29 is 50.0 Å². The van der Waals surface area contributed by atoms with Gasteiger partial charge in [-0.1, -0.05) is 501 Å². The molecule has 7 rings (SSSR count). The van der Waals surface area contributed by atoms with Gasteiger partial charge < -0.3 is 0 Å². The van der Waals surface area contributed by atoms with Gasteiger partial charge in [0.15, 0.2) is 0 Å². The average molecular weight is 1890 g/mol. The second-order valence-corrected chi connectivity index (χ2v) is 55.0. The average Bonchev–Trinajstić information content (AvgIpc) is 0.741. The summed E-state index contributed by atoms with van der Waals surface area (Å²) in [5.74, 6) is -0.905. The molecule has 0 bridgehead atoms. The smallest absolute Gasteiger partial charge is 0.141 e. The molecule has 0 amide bonds. The molecule has 766 valence electrons. The van der Waals surface area contributed by atoms with E-state index in [1.165, 1.54) is 0 Å². The van der Waals surface area contributed by atoms with E-state index in [-0.39, 0.29) is 131 Å². The third kappa shape index (κ3) is 57.1. The van der Waals surface area contributed by atoms with Crippen molar-refractivity contribution in [2.24, 2.45) is 117 Å². The molecular formula is C130H204O7. The van der Waals surface area contributed by atoms with Crippen LogP contribution in [-0.4, -0.2) is 40.5 Å². The van der Waals surface area contributed by atoms with Gasteiger partial charge in [0, 0.05) is 83.4 Å². The topological polar surface area (TPSA) is 119 Å². The first-order valence-corrected chi connectivity index (χ1v) is 50.8. The van der Waals surface area contributed by atoms with Crippen molar-refractivity contribution >= 4 is 40.5 Å². The number of rotatable bonds is 28. The Morgan fingerprint density at radius 2 is 0.504 bits per heavy atom. The first kappa shape index (κ1) is 107. The lowest BCUT2D eigenvalue weighted by Crippen LogP contribution is -2.32. The molecule has 0 N–H and O–H groups in total. The molecule has 137 heavy (non-hydrogen) atoms. The van der Waals surface area contributed by atoms with Gasteiger partial charge in [0.1, 0.15) is 40.5 Å². The van der Waals surface area contributed by atoms with Crippen LogP contribution in [0.5, 0.6) is 0 Å². The van der Waals surface area contributed by atoms with Crippen LogP contribution in [0.1, 0.15) is 413 Å². The van der Waals surface area contributed by atoms with E-state index in [1.807, 2.05) is 227 Å². The first-order chi connectivity index (χ1) is 66.6. The van der Waals surface area contributed by atoms with Crippen molar-refractivity contribution in [2.45, 2.75) is 408 Å². The highest BCUT2D eigenvalue weighted by Crippen LogP contribution is 2.41. The van der Waals surface area contributed by atoms with Crippen molar-refractivity contribution in [3.63, 3.8) is 0 Å². The Labute approximate surface area is 860 Å². The predicted molar refractivity (Wildman–Crippen MR) is 594 cm³/mol. The van der Waals surface area contributed by atoms with Crippen LogP contribution in [0, 0.1) is 145 Å². The number of hydrogen-bond acceptors (Lipinski definition) is 7. The van der Waals surface area contributed by atoms with Gasteiger partial charge >= 0.3 is 0 Å². The van der Waals surface area contributed by atoms with E-state index in [2.05, 4.69) is 137 Å². The fraction of sp³-hybridized carbons (Fsp3) is 0.623.